The van der Waals surface area contributed by atoms with Crippen molar-refractivity contribution in [1.82, 2.24) is 9.88 Å². The second-order valence-corrected chi connectivity index (χ2v) is 6.87. The summed E-state index contributed by atoms with van der Waals surface area (Å²) in [6.07, 6.45) is 2.23. The van der Waals surface area contributed by atoms with Crippen LogP contribution in [0, 0.1) is 0 Å². The predicted molar refractivity (Wildman–Crippen MR) is 103 cm³/mol. The largest absolute Gasteiger partial charge is 0.357 e. The Kier molecular flexibility index (Phi) is 5.56. The predicted octanol–water partition coefficient (Wildman–Crippen LogP) is 3.52. The summed E-state index contributed by atoms with van der Waals surface area (Å²) in [7, 11) is 4.22. The second-order valence-electron chi connectivity index (χ2n) is 6.46. The third kappa shape index (κ3) is 4.30. The van der Waals surface area contributed by atoms with Crippen molar-refractivity contribution in [2.75, 3.05) is 37.4 Å². The van der Waals surface area contributed by atoms with Crippen LogP contribution in [-0.2, 0) is 0 Å². The number of anilines is 2. The van der Waals surface area contributed by atoms with Gasteiger partial charge in [0.1, 0.15) is 11.6 Å². The molecule has 1 aromatic heterocycles. The first-order valence-corrected chi connectivity index (χ1v) is 8.86. The minimum absolute atomic E-state index is 0.253. The van der Waals surface area contributed by atoms with E-state index in [1.807, 2.05) is 12.1 Å². The van der Waals surface area contributed by atoms with Crippen LogP contribution in [0.4, 0.5) is 11.6 Å². The molecule has 1 saturated heterocycles. The number of carbonyl (C=O) groups is 1. The van der Waals surface area contributed by atoms with E-state index in [1.165, 1.54) is 0 Å². The summed E-state index contributed by atoms with van der Waals surface area (Å²) >= 11 is 6.09. The number of carbonyl (C=O) groups excluding carboxylic acids is 1. The van der Waals surface area contributed by atoms with Crippen molar-refractivity contribution in [3.8, 4) is 0 Å². The molecule has 2 aromatic rings. The number of nitrogens with one attached hydrogen (secondary N) is 1. The van der Waals surface area contributed by atoms with Gasteiger partial charge in [-0.05, 0) is 57.2 Å². The molecule has 0 aliphatic carbocycles. The minimum Gasteiger partial charge on any atom is -0.357 e. The first kappa shape index (κ1) is 17.7. The first-order chi connectivity index (χ1) is 12.0. The Morgan fingerprint density at radius 1 is 1.20 bits per heavy atom. The Hall–Kier alpha value is -2.11. The van der Waals surface area contributed by atoms with Crippen molar-refractivity contribution < 1.29 is 4.79 Å². The molecule has 2 heterocycles. The summed E-state index contributed by atoms with van der Waals surface area (Å²) in [5.74, 6) is 1.14. The highest BCUT2D eigenvalue weighted by atomic mass is 35.5. The van der Waals surface area contributed by atoms with Gasteiger partial charge in [0.05, 0.1) is 10.6 Å². The van der Waals surface area contributed by atoms with E-state index >= 15 is 0 Å². The fourth-order valence-electron chi connectivity index (χ4n) is 3.09. The van der Waals surface area contributed by atoms with E-state index in [1.54, 1.807) is 30.3 Å². The van der Waals surface area contributed by atoms with Crippen LogP contribution in [0.5, 0.6) is 0 Å². The standard InChI is InChI=1S/C19H23ClN4O/c1-23-12-10-14(11-13-23)24(2)18-9-5-8-17(21-18)22-19(25)15-6-3-4-7-16(15)20/h3-9,14H,10-13H2,1-2H3,(H,21,22,25). The molecule has 3 rings (SSSR count). The van der Waals surface area contributed by atoms with Crippen LogP contribution >= 0.6 is 11.6 Å². The van der Waals surface area contributed by atoms with Crippen LogP contribution in [0.3, 0.4) is 0 Å². The van der Waals surface area contributed by atoms with Crippen molar-refractivity contribution in [1.29, 1.82) is 0 Å². The van der Waals surface area contributed by atoms with Gasteiger partial charge in [0.15, 0.2) is 0 Å². The van der Waals surface area contributed by atoms with Crippen LogP contribution in [-0.4, -0.2) is 49.0 Å². The number of likely N-dealkylation sites (tertiary alicyclic amines) is 1. The lowest BCUT2D eigenvalue weighted by Gasteiger charge is -2.35. The van der Waals surface area contributed by atoms with Crippen LogP contribution in [0.25, 0.3) is 0 Å². The highest BCUT2D eigenvalue weighted by molar-refractivity contribution is 6.34. The van der Waals surface area contributed by atoms with Crippen LogP contribution < -0.4 is 10.2 Å². The topological polar surface area (TPSA) is 48.5 Å². The molecule has 0 unspecified atom stereocenters. The van der Waals surface area contributed by atoms with E-state index in [4.69, 9.17) is 11.6 Å². The molecule has 1 aliphatic rings. The average molecular weight is 359 g/mol. The van der Waals surface area contributed by atoms with E-state index in [9.17, 15) is 4.79 Å². The van der Waals surface area contributed by atoms with Gasteiger partial charge in [-0.25, -0.2) is 4.98 Å². The van der Waals surface area contributed by atoms with Gasteiger partial charge in [-0.2, -0.15) is 0 Å². The van der Waals surface area contributed by atoms with Crippen molar-refractivity contribution in [2.24, 2.45) is 0 Å². The van der Waals surface area contributed by atoms with Crippen molar-refractivity contribution in [3.05, 3.63) is 53.1 Å². The molecule has 1 fully saturated rings. The fourth-order valence-corrected chi connectivity index (χ4v) is 3.31. The molecule has 0 bridgehead atoms. The summed E-state index contributed by atoms with van der Waals surface area (Å²) in [4.78, 5) is 21.6. The van der Waals surface area contributed by atoms with Crippen LogP contribution in [0.15, 0.2) is 42.5 Å². The maximum Gasteiger partial charge on any atom is 0.258 e. The van der Waals surface area contributed by atoms with Crippen LogP contribution in [0.1, 0.15) is 23.2 Å². The van der Waals surface area contributed by atoms with Gasteiger partial charge in [0.2, 0.25) is 0 Å². The van der Waals surface area contributed by atoms with Gasteiger partial charge in [0.25, 0.3) is 5.91 Å². The van der Waals surface area contributed by atoms with Gasteiger partial charge in [-0.15, -0.1) is 0 Å². The van der Waals surface area contributed by atoms with Gasteiger partial charge in [-0.1, -0.05) is 29.8 Å². The molecule has 132 valence electrons. The number of hydrogen-bond donors (Lipinski definition) is 1. The molecule has 0 spiro atoms. The summed E-state index contributed by atoms with van der Waals surface area (Å²) in [6, 6.07) is 13.1. The Morgan fingerprint density at radius 2 is 1.92 bits per heavy atom. The molecule has 0 atom stereocenters. The Bertz CT molecular complexity index is 744. The molecule has 1 aromatic carbocycles. The molecule has 0 saturated carbocycles. The Balaban J connectivity index is 1.71. The zero-order valence-electron chi connectivity index (χ0n) is 14.6. The quantitative estimate of drug-likeness (QED) is 0.908. The number of benzene rings is 1. The van der Waals surface area contributed by atoms with Gasteiger partial charge >= 0.3 is 0 Å². The number of halogens is 1. The molecular weight excluding hydrogens is 336 g/mol. The monoisotopic (exact) mass is 358 g/mol. The molecule has 1 amide bonds. The first-order valence-electron chi connectivity index (χ1n) is 8.49. The van der Waals surface area contributed by atoms with E-state index in [0.717, 1.165) is 31.7 Å². The second kappa shape index (κ2) is 7.85. The molecule has 6 heteroatoms. The van der Waals surface area contributed by atoms with E-state index in [0.29, 0.717) is 22.4 Å². The number of aromatic nitrogens is 1. The number of hydrogen-bond acceptors (Lipinski definition) is 4. The lowest BCUT2D eigenvalue weighted by molar-refractivity contribution is 0.102. The van der Waals surface area contributed by atoms with E-state index in [2.05, 4.69) is 34.2 Å². The summed E-state index contributed by atoms with van der Waals surface area (Å²) in [6.45, 7) is 2.19. The van der Waals surface area contributed by atoms with Gasteiger partial charge < -0.3 is 15.1 Å². The lowest BCUT2D eigenvalue weighted by Crippen LogP contribution is -2.42. The third-order valence-electron chi connectivity index (χ3n) is 4.69. The highest BCUT2D eigenvalue weighted by Gasteiger charge is 2.21. The maximum absolute atomic E-state index is 12.4. The average Bonchev–Trinajstić information content (AvgIpc) is 2.62. The zero-order valence-corrected chi connectivity index (χ0v) is 15.3. The van der Waals surface area contributed by atoms with Gasteiger partial charge in [0, 0.05) is 13.1 Å². The van der Waals surface area contributed by atoms with E-state index in [-0.39, 0.29) is 5.91 Å². The number of rotatable bonds is 4. The SMILES string of the molecule is CN1CCC(N(C)c2cccc(NC(=O)c3ccccc3Cl)n2)CC1. The van der Waals surface area contributed by atoms with Crippen LogP contribution in [0.2, 0.25) is 5.02 Å². The van der Waals surface area contributed by atoms with Crippen molar-refractivity contribution in [2.45, 2.75) is 18.9 Å². The summed E-state index contributed by atoms with van der Waals surface area (Å²) < 4.78 is 0. The molecule has 25 heavy (non-hydrogen) atoms. The minimum atomic E-state index is -0.253. The zero-order chi connectivity index (χ0) is 17.8. The highest BCUT2D eigenvalue weighted by Crippen LogP contribution is 2.22. The number of nitrogens with zero attached hydrogens (tertiary/aromatic N) is 3. The van der Waals surface area contributed by atoms with Crippen molar-refractivity contribution in [3.63, 3.8) is 0 Å². The summed E-state index contributed by atoms with van der Waals surface area (Å²) in [5.41, 5.74) is 0.444. The smallest absolute Gasteiger partial charge is 0.258 e. The summed E-state index contributed by atoms with van der Waals surface area (Å²) in [5, 5.41) is 3.27. The lowest BCUT2D eigenvalue weighted by atomic mass is 10.0. The maximum atomic E-state index is 12.4. The molecule has 0 radical (unpaired) electrons. The Morgan fingerprint density at radius 3 is 2.64 bits per heavy atom. The Labute approximate surface area is 153 Å². The normalized spacial score (nSPS) is 15.8. The number of pyridine rings is 1. The third-order valence-corrected chi connectivity index (χ3v) is 5.02. The number of amides is 1. The molecule has 1 aliphatic heterocycles. The van der Waals surface area contributed by atoms with Crippen molar-refractivity contribution >= 4 is 29.1 Å². The number of piperidine rings is 1. The fraction of sp³-hybridized carbons (Fsp3) is 0.368. The molecular formula is C19H23ClN4O. The molecule has 5 nitrogen and oxygen atoms in total. The van der Waals surface area contributed by atoms with Gasteiger partial charge in [-0.3, -0.25) is 4.79 Å². The molecule has 1 N–H and O–H groups in total. The van der Waals surface area contributed by atoms with E-state index < -0.39 is 0 Å².